The van der Waals surface area contributed by atoms with Crippen molar-refractivity contribution in [2.45, 2.75) is 18.2 Å². The Morgan fingerprint density at radius 3 is 2.33 bits per heavy atom. The Labute approximate surface area is 106 Å². The second-order valence-electron chi connectivity index (χ2n) is 3.95. The van der Waals surface area contributed by atoms with Crippen molar-refractivity contribution >= 4 is 15.7 Å². The highest BCUT2D eigenvalue weighted by atomic mass is 32.2. The Hall–Kier alpha value is -1.87. The van der Waals surface area contributed by atoms with E-state index in [0.29, 0.717) is 5.56 Å². The fourth-order valence-corrected chi connectivity index (χ4v) is 1.75. The lowest BCUT2D eigenvalue weighted by Crippen LogP contribution is -2.39. The van der Waals surface area contributed by atoms with E-state index in [2.05, 4.69) is 5.32 Å². The quantitative estimate of drug-likeness (QED) is 0.873. The summed E-state index contributed by atoms with van der Waals surface area (Å²) in [6.07, 6.45) is 0.987. The zero-order valence-electron chi connectivity index (χ0n) is 10.1. The molecule has 0 aromatic heterocycles. The molecule has 96 valence electrons. The van der Waals surface area contributed by atoms with E-state index in [0.717, 1.165) is 6.26 Å². The number of carbonyl (C=O) groups excluding carboxylic acids is 1. The molecular weight excluding hydrogens is 252 g/mol. The van der Waals surface area contributed by atoms with Gasteiger partial charge >= 0.3 is 0 Å². The van der Waals surface area contributed by atoms with Crippen molar-refractivity contribution in [3.8, 4) is 6.07 Å². The van der Waals surface area contributed by atoms with Crippen LogP contribution in [0, 0.1) is 11.3 Å². The van der Waals surface area contributed by atoms with Crippen molar-refractivity contribution in [1.29, 1.82) is 5.26 Å². The summed E-state index contributed by atoms with van der Waals surface area (Å²) >= 11 is 0. The van der Waals surface area contributed by atoms with Gasteiger partial charge in [0, 0.05) is 6.26 Å². The van der Waals surface area contributed by atoms with E-state index in [1.807, 2.05) is 6.07 Å². The first kappa shape index (κ1) is 14.2. The first-order chi connectivity index (χ1) is 8.36. The monoisotopic (exact) mass is 266 g/mol. The smallest absolute Gasteiger partial charge is 0.239 e. The van der Waals surface area contributed by atoms with Crippen LogP contribution >= 0.6 is 0 Å². The van der Waals surface area contributed by atoms with Crippen molar-refractivity contribution in [2.75, 3.05) is 6.26 Å². The molecule has 0 aliphatic heterocycles. The van der Waals surface area contributed by atoms with Crippen LogP contribution in [0.3, 0.4) is 0 Å². The number of hydrogen-bond acceptors (Lipinski definition) is 4. The Balaban J connectivity index is 2.84. The molecular formula is C12H14N2O3S. The average molecular weight is 266 g/mol. The minimum atomic E-state index is -3.46. The fourth-order valence-electron chi connectivity index (χ4n) is 1.29. The van der Waals surface area contributed by atoms with Crippen LogP contribution in [0.1, 0.15) is 18.5 Å². The highest BCUT2D eigenvalue weighted by molar-refractivity contribution is 7.92. The van der Waals surface area contributed by atoms with Gasteiger partial charge in [-0.3, -0.25) is 4.79 Å². The van der Waals surface area contributed by atoms with E-state index >= 15 is 0 Å². The van der Waals surface area contributed by atoms with Gasteiger partial charge in [0.05, 0.1) is 6.07 Å². The van der Waals surface area contributed by atoms with Crippen molar-refractivity contribution in [1.82, 2.24) is 5.32 Å². The normalized spacial score (nSPS) is 14.3. The van der Waals surface area contributed by atoms with Crippen LogP contribution in [-0.4, -0.2) is 25.8 Å². The number of nitrogens with zero attached hydrogens (tertiary/aromatic N) is 1. The number of benzene rings is 1. The highest BCUT2D eigenvalue weighted by Crippen LogP contribution is 2.12. The Morgan fingerprint density at radius 2 is 1.89 bits per heavy atom. The standard InChI is InChI=1S/C12H14N2O3S/c1-9(18(2,16)17)12(15)14-11(8-13)10-6-4-3-5-7-10/h3-7,9,11H,1-2H3,(H,14,15). The molecule has 18 heavy (non-hydrogen) atoms. The summed E-state index contributed by atoms with van der Waals surface area (Å²) in [6, 6.07) is 9.75. The van der Waals surface area contributed by atoms with E-state index < -0.39 is 27.0 Å². The van der Waals surface area contributed by atoms with E-state index in [9.17, 15) is 13.2 Å². The molecule has 0 aliphatic carbocycles. The van der Waals surface area contributed by atoms with Gasteiger partial charge in [-0.25, -0.2) is 8.42 Å². The number of sulfone groups is 1. The van der Waals surface area contributed by atoms with Crippen molar-refractivity contribution in [3.63, 3.8) is 0 Å². The van der Waals surface area contributed by atoms with Gasteiger partial charge < -0.3 is 5.32 Å². The summed E-state index contributed by atoms with van der Waals surface area (Å²) in [5.41, 5.74) is 0.619. The van der Waals surface area contributed by atoms with Crippen LogP contribution in [0.15, 0.2) is 30.3 Å². The third-order valence-electron chi connectivity index (χ3n) is 2.56. The molecule has 0 heterocycles. The average Bonchev–Trinajstić information content (AvgIpc) is 2.34. The molecule has 1 aromatic carbocycles. The first-order valence-corrected chi connectivity index (χ1v) is 7.25. The van der Waals surface area contributed by atoms with Crippen molar-refractivity contribution in [3.05, 3.63) is 35.9 Å². The fraction of sp³-hybridized carbons (Fsp3) is 0.333. The largest absolute Gasteiger partial charge is 0.336 e. The van der Waals surface area contributed by atoms with Gasteiger partial charge in [0.15, 0.2) is 9.84 Å². The maximum absolute atomic E-state index is 11.7. The molecule has 1 N–H and O–H groups in total. The topological polar surface area (TPSA) is 87.0 Å². The van der Waals surface area contributed by atoms with E-state index in [4.69, 9.17) is 5.26 Å². The summed E-state index contributed by atoms with van der Waals surface area (Å²) in [7, 11) is -3.46. The Kier molecular flexibility index (Phi) is 4.45. The third kappa shape index (κ3) is 3.57. The van der Waals surface area contributed by atoms with E-state index in [1.54, 1.807) is 30.3 Å². The predicted molar refractivity (Wildman–Crippen MR) is 67.2 cm³/mol. The molecule has 5 nitrogen and oxygen atoms in total. The van der Waals surface area contributed by atoms with Crippen LogP contribution < -0.4 is 5.32 Å². The molecule has 0 bridgehead atoms. The second kappa shape index (κ2) is 5.65. The molecule has 1 amide bonds. The number of rotatable bonds is 4. The molecule has 0 spiro atoms. The minimum Gasteiger partial charge on any atom is -0.336 e. The zero-order valence-corrected chi connectivity index (χ0v) is 10.9. The number of nitriles is 1. The van der Waals surface area contributed by atoms with Crippen molar-refractivity contribution < 1.29 is 13.2 Å². The van der Waals surface area contributed by atoms with Gasteiger partial charge in [-0.05, 0) is 12.5 Å². The number of nitrogens with one attached hydrogen (secondary N) is 1. The van der Waals surface area contributed by atoms with Crippen LogP contribution in [0.2, 0.25) is 0 Å². The summed E-state index contributed by atoms with van der Waals surface area (Å²) in [5, 5.41) is 10.2. The van der Waals surface area contributed by atoms with Gasteiger partial charge in [0.1, 0.15) is 11.3 Å². The third-order valence-corrected chi connectivity index (χ3v) is 4.06. The summed E-state index contributed by atoms with van der Waals surface area (Å²) in [5.74, 6) is -0.673. The summed E-state index contributed by atoms with van der Waals surface area (Å²) in [6.45, 7) is 1.30. The van der Waals surface area contributed by atoms with E-state index in [1.165, 1.54) is 6.92 Å². The van der Waals surface area contributed by atoms with E-state index in [-0.39, 0.29) is 0 Å². The zero-order chi connectivity index (χ0) is 13.8. The molecule has 0 aliphatic rings. The van der Waals surface area contributed by atoms with Gasteiger partial charge in [0.2, 0.25) is 5.91 Å². The molecule has 0 saturated carbocycles. The molecule has 1 rings (SSSR count). The van der Waals surface area contributed by atoms with Gasteiger partial charge in [-0.15, -0.1) is 0 Å². The van der Waals surface area contributed by atoms with Gasteiger partial charge in [-0.1, -0.05) is 30.3 Å². The maximum Gasteiger partial charge on any atom is 0.239 e. The first-order valence-electron chi connectivity index (χ1n) is 5.30. The molecule has 0 fully saturated rings. The van der Waals surface area contributed by atoms with Crippen LogP contribution in [0.25, 0.3) is 0 Å². The molecule has 0 radical (unpaired) electrons. The summed E-state index contributed by atoms with van der Waals surface area (Å²) < 4.78 is 22.5. The SMILES string of the molecule is CC(C(=O)NC(C#N)c1ccccc1)S(C)(=O)=O. The molecule has 2 unspecified atom stereocenters. The van der Waals surface area contributed by atoms with Crippen molar-refractivity contribution in [2.24, 2.45) is 0 Å². The number of hydrogen-bond donors (Lipinski definition) is 1. The highest BCUT2D eigenvalue weighted by Gasteiger charge is 2.25. The Bertz CT molecular complexity index is 561. The van der Waals surface area contributed by atoms with Gasteiger partial charge in [0.25, 0.3) is 0 Å². The number of carbonyl (C=O) groups is 1. The number of amides is 1. The maximum atomic E-state index is 11.7. The van der Waals surface area contributed by atoms with Crippen LogP contribution in [-0.2, 0) is 14.6 Å². The lowest BCUT2D eigenvalue weighted by atomic mass is 10.1. The summed E-state index contributed by atoms with van der Waals surface area (Å²) in [4.78, 5) is 11.7. The van der Waals surface area contributed by atoms with Crippen LogP contribution in [0.4, 0.5) is 0 Å². The molecule has 2 atom stereocenters. The molecule has 1 aromatic rings. The minimum absolute atomic E-state index is 0.619. The molecule has 0 saturated heterocycles. The Morgan fingerprint density at radius 1 is 1.33 bits per heavy atom. The predicted octanol–water partition coefficient (Wildman–Crippen LogP) is 0.801. The lowest BCUT2D eigenvalue weighted by Gasteiger charge is -2.15. The van der Waals surface area contributed by atoms with Crippen LogP contribution in [0.5, 0.6) is 0 Å². The second-order valence-corrected chi connectivity index (χ2v) is 6.32. The lowest BCUT2D eigenvalue weighted by molar-refractivity contribution is -0.120. The molecule has 6 heteroatoms. The van der Waals surface area contributed by atoms with Gasteiger partial charge in [-0.2, -0.15) is 5.26 Å².